The van der Waals surface area contributed by atoms with E-state index in [-0.39, 0.29) is 6.09 Å². The predicted octanol–water partition coefficient (Wildman–Crippen LogP) is 3.02. The molecule has 0 spiro atoms. The molecule has 2 rings (SSSR count). The molecule has 1 amide bonds. The highest BCUT2D eigenvalue weighted by atomic mass is 16.6. The lowest BCUT2D eigenvalue weighted by atomic mass is 10.1. The molecule has 1 aliphatic rings. The van der Waals surface area contributed by atoms with Crippen molar-refractivity contribution in [3.63, 3.8) is 0 Å². The van der Waals surface area contributed by atoms with Crippen molar-refractivity contribution in [2.24, 2.45) is 0 Å². The Kier molecular flexibility index (Phi) is 2.46. The molecule has 15 heavy (non-hydrogen) atoms. The molecule has 0 saturated carbocycles. The quantitative estimate of drug-likeness (QED) is 0.739. The Morgan fingerprint density at radius 3 is 2.87 bits per heavy atom. The fourth-order valence-corrected chi connectivity index (χ4v) is 1.69. The summed E-state index contributed by atoms with van der Waals surface area (Å²) in [7, 11) is 0. The fourth-order valence-electron chi connectivity index (χ4n) is 1.69. The predicted molar refractivity (Wildman–Crippen MR) is 59.6 cm³/mol. The first-order valence-electron chi connectivity index (χ1n) is 5.01. The molecule has 0 aliphatic carbocycles. The lowest BCUT2D eigenvalue weighted by Crippen LogP contribution is -2.35. The standard InChI is InChI=1S/C12H13NO2/c1-3-8-13-11-7-5-4-6-10(11)9(2)15-12(13)14/h4-7H,2-3,8H2,1H3. The number of amides is 1. The van der Waals surface area contributed by atoms with E-state index in [2.05, 4.69) is 6.58 Å². The number of carbonyl (C=O) groups excluding carboxylic acids is 1. The number of cyclic esters (lactones) is 1. The second-order valence-corrected chi connectivity index (χ2v) is 3.46. The lowest BCUT2D eigenvalue weighted by molar-refractivity contribution is 0.197. The zero-order valence-corrected chi connectivity index (χ0v) is 8.69. The van der Waals surface area contributed by atoms with Crippen molar-refractivity contribution in [3.8, 4) is 0 Å². The summed E-state index contributed by atoms with van der Waals surface area (Å²) in [5.74, 6) is 0.433. The molecule has 3 heteroatoms. The number of hydrogen-bond acceptors (Lipinski definition) is 2. The Hall–Kier alpha value is -1.77. The van der Waals surface area contributed by atoms with Crippen molar-refractivity contribution in [2.75, 3.05) is 11.4 Å². The van der Waals surface area contributed by atoms with Crippen molar-refractivity contribution >= 4 is 17.5 Å². The molecule has 0 N–H and O–H groups in total. The van der Waals surface area contributed by atoms with Crippen LogP contribution in [0.25, 0.3) is 5.76 Å². The smallest absolute Gasteiger partial charge is 0.410 e. The molecule has 1 aliphatic heterocycles. The molecule has 0 fully saturated rings. The van der Waals surface area contributed by atoms with Crippen LogP contribution in [-0.2, 0) is 4.74 Å². The molecule has 0 bridgehead atoms. The van der Waals surface area contributed by atoms with Crippen LogP contribution in [0.1, 0.15) is 18.9 Å². The van der Waals surface area contributed by atoms with Gasteiger partial charge in [-0.15, -0.1) is 0 Å². The topological polar surface area (TPSA) is 29.5 Å². The Bertz CT molecular complexity index is 412. The number of benzene rings is 1. The minimum absolute atomic E-state index is 0.333. The number of fused-ring (bicyclic) bond motifs is 1. The summed E-state index contributed by atoms with van der Waals surface area (Å²) in [5, 5.41) is 0. The molecular weight excluding hydrogens is 190 g/mol. The number of carbonyl (C=O) groups is 1. The number of rotatable bonds is 2. The van der Waals surface area contributed by atoms with E-state index in [1.165, 1.54) is 0 Å². The first-order chi connectivity index (χ1) is 7.24. The van der Waals surface area contributed by atoms with Crippen molar-refractivity contribution in [3.05, 3.63) is 36.4 Å². The van der Waals surface area contributed by atoms with Gasteiger partial charge >= 0.3 is 6.09 Å². The van der Waals surface area contributed by atoms with Crippen LogP contribution in [0.5, 0.6) is 0 Å². The first kappa shape index (κ1) is 9.77. The maximum absolute atomic E-state index is 11.6. The van der Waals surface area contributed by atoms with Crippen LogP contribution in [0, 0.1) is 0 Å². The molecular formula is C12H13NO2. The molecule has 1 aromatic rings. The summed E-state index contributed by atoms with van der Waals surface area (Å²) < 4.78 is 5.07. The van der Waals surface area contributed by atoms with Crippen LogP contribution < -0.4 is 4.90 Å². The Morgan fingerprint density at radius 1 is 1.40 bits per heavy atom. The van der Waals surface area contributed by atoms with Gasteiger partial charge in [0, 0.05) is 12.1 Å². The molecule has 3 nitrogen and oxygen atoms in total. The summed E-state index contributed by atoms with van der Waals surface area (Å²) in [6, 6.07) is 7.64. The van der Waals surface area contributed by atoms with Crippen molar-refractivity contribution < 1.29 is 9.53 Å². The Labute approximate surface area is 89.0 Å². The largest absolute Gasteiger partial charge is 0.419 e. The van der Waals surface area contributed by atoms with E-state index in [1.54, 1.807) is 4.90 Å². The number of para-hydroxylation sites is 1. The minimum Gasteiger partial charge on any atom is -0.410 e. The Balaban J connectivity index is 2.46. The molecule has 0 atom stereocenters. The van der Waals surface area contributed by atoms with E-state index >= 15 is 0 Å². The maximum Gasteiger partial charge on any atom is 0.419 e. The first-order valence-corrected chi connectivity index (χ1v) is 5.01. The van der Waals surface area contributed by atoms with E-state index in [9.17, 15) is 4.79 Å². The second-order valence-electron chi connectivity index (χ2n) is 3.46. The van der Waals surface area contributed by atoms with Gasteiger partial charge in [-0.25, -0.2) is 4.79 Å². The van der Waals surface area contributed by atoms with E-state index in [4.69, 9.17) is 4.74 Å². The summed E-state index contributed by atoms with van der Waals surface area (Å²) >= 11 is 0. The van der Waals surface area contributed by atoms with Crippen LogP contribution in [0.4, 0.5) is 10.5 Å². The van der Waals surface area contributed by atoms with Crippen molar-refractivity contribution in [1.29, 1.82) is 0 Å². The van der Waals surface area contributed by atoms with Crippen molar-refractivity contribution in [1.82, 2.24) is 0 Å². The molecule has 0 saturated heterocycles. The zero-order chi connectivity index (χ0) is 10.8. The number of hydrogen-bond donors (Lipinski definition) is 0. The molecule has 0 aromatic heterocycles. The van der Waals surface area contributed by atoms with Gasteiger partial charge in [0.05, 0.1) is 5.69 Å². The summed E-state index contributed by atoms with van der Waals surface area (Å²) in [6.45, 7) is 6.43. The van der Waals surface area contributed by atoms with Crippen LogP contribution >= 0.6 is 0 Å². The van der Waals surface area contributed by atoms with Gasteiger partial charge in [0.1, 0.15) is 5.76 Å². The third kappa shape index (κ3) is 1.61. The van der Waals surface area contributed by atoms with Gasteiger partial charge in [-0.1, -0.05) is 25.6 Å². The van der Waals surface area contributed by atoms with E-state index in [0.717, 1.165) is 17.7 Å². The van der Waals surface area contributed by atoms with Crippen molar-refractivity contribution in [2.45, 2.75) is 13.3 Å². The SMILES string of the molecule is C=C1OC(=O)N(CCC)c2ccccc21. The molecule has 1 heterocycles. The normalized spacial score (nSPS) is 14.9. The number of ether oxygens (including phenoxy) is 1. The van der Waals surface area contributed by atoms with Crippen LogP contribution in [-0.4, -0.2) is 12.6 Å². The van der Waals surface area contributed by atoms with E-state index < -0.39 is 0 Å². The highest BCUT2D eigenvalue weighted by molar-refractivity contribution is 5.98. The minimum atomic E-state index is -0.333. The summed E-state index contributed by atoms with van der Waals surface area (Å²) in [4.78, 5) is 13.2. The average Bonchev–Trinajstić information content (AvgIpc) is 2.24. The zero-order valence-electron chi connectivity index (χ0n) is 8.69. The van der Waals surface area contributed by atoms with Gasteiger partial charge in [0.25, 0.3) is 0 Å². The summed E-state index contributed by atoms with van der Waals surface area (Å²) in [5.41, 5.74) is 1.78. The van der Waals surface area contributed by atoms with Crippen LogP contribution in [0.3, 0.4) is 0 Å². The fraction of sp³-hybridized carbons (Fsp3) is 0.250. The molecule has 78 valence electrons. The number of nitrogens with zero attached hydrogens (tertiary/aromatic N) is 1. The highest BCUT2D eigenvalue weighted by Crippen LogP contribution is 2.32. The second kappa shape index (κ2) is 3.77. The monoisotopic (exact) mass is 203 g/mol. The van der Waals surface area contributed by atoms with Gasteiger partial charge in [-0.3, -0.25) is 4.90 Å². The maximum atomic E-state index is 11.6. The van der Waals surface area contributed by atoms with Crippen LogP contribution in [0.2, 0.25) is 0 Å². The van der Waals surface area contributed by atoms with Gasteiger partial charge in [-0.2, -0.15) is 0 Å². The molecule has 1 aromatic carbocycles. The highest BCUT2D eigenvalue weighted by Gasteiger charge is 2.26. The van der Waals surface area contributed by atoms with Crippen LogP contribution in [0.15, 0.2) is 30.8 Å². The van der Waals surface area contributed by atoms with E-state index in [0.29, 0.717) is 12.3 Å². The molecule has 0 unspecified atom stereocenters. The molecule has 0 radical (unpaired) electrons. The van der Waals surface area contributed by atoms with Gasteiger partial charge in [-0.05, 0) is 18.6 Å². The summed E-state index contributed by atoms with van der Waals surface area (Å²) in [6.07, 6.45) is 0.566. The number of anilines is 1. The average molecular weight is 203 g/mol. The Morgan fingerprint density at radius 2 is 2.13 bits per heavy atom. The van der Waals surface area contributed by atoms with Gasteiger partial charge < -0.3 is 4.74 Å². The van der Waals surface area contributed by atoms with E-state index in [1.807, 2.05) is 31.2 Å². The third-order valence-corrected chi connectivity index (χ3v) is 2.37. The third-order valence-electron chi connectivity index (χ3n) is 2.37. The van der Waals surface area contributed by atoms with Gasteiger partial charge in [0.2, 0.25) is 0 Å². The van der Waals surface area contributed by atoms with Gasteiger partial charge in [0.15, 0.2) is 0 Å². The lowest BCUT2D eigenvalue weighted by Gasteiger charge is -2.29.